The van der Waals surface area contributed by atoms with Crippen molar-refractivity contribution < 1.29 is 22.7 Å². The molecule has 0 aliphatic carbocycles. The highest BCUT2D eigenvalue weighted by atomic mass is 35.5. The Hall–Kier alpha value is -2.98. The molecule has 0 radical (unpaired) electrons. The van der Waals surface area contributed by atoms with Crippen molar-refractivity contribution in [2.75, 3.05) is 24.5 Å². The first kappa shape index (κ1) is 32.5. The first-order valence-corrected chi connectivity index (χ1v) is 15.5. The van der Waals surface area contributed by atoms with E-state index in [9.17, 15) is 18.0 Å². The second-order valence-corrected chi connectivity index (χ2v) is 12.4. The van der Waals surface area contributed by atoms with Crippen LogP contribution in [0.3, 0.4) is 0 Å². The van der Waals surface area contributed by atoms with Crippen LogP contribution in [0.2, 0.25) is 15.1 Å². The van der Waals surface area contributed by atoms with E-state index in [1.165, 1.54) is 42.3 Å². The Morgan fingerprint density at radius 2 is 1.68 bits per heavy atom. The Labute approximate surface area is 256 Å². The van der Waals surface area contributed by atoms with Gasteiger partial charge in [-0.2, -0.15) is 0 Å². The van der Waals surface area contributed by atoms with Gasteiger partial charge >= 0.3 is 0 Å². The molecule has 1 N–H and O–H groups in total. The molecule has 1 atom stereocenters. The van der Waals surface area contributed by atoms with E-state index in [0.717, 1.165) is 17.1 Å². The van der Waals surface area contributed by atoms with Gasteiger partial charge in [0.1, 0.15) is 18.3 Å². The van der Waals surface area contributed by atoms with Crippen LogP contribution in [0.1, 0.15) is 32.3 Å². The zero-order valence-corrected chi connectivity index (χ0v) is 26.0. The number of hydrogen-bond donors (Lipinski definition) is 1. The van der Waals surface area contributed by atoms with Crippen LogP contribution in [-0.2, 0) is 26.2 Å². The summed E-state index contributed by atoms with van der Waals surface area (Å²) >= 11 is 18.5. The maximum absolute atomic E-state index is 14.0. The molecule has 0 heterocycles. The number of amides is 2. The van der Waals surface area contributed by atoms with Gasteiger partial charge in [-0.25, -0.2) is 8.42 Å². The molecule has 41 heavy (non-hydrogen) atoms. The number of carbonyl (C=O) groups excluding carboxylic acids is 2. The van der Waals surface area contributed by atoms with Crippen LogP contribution < -0.4 is 14.4 Å². The van der Waals surface area contributed by atoms with E-state index in [0.29, 0.717) is 32.9 Å². The normalized spacial score (nSPS) is 12.0. The monoisotopic (exact) mass is 639 g/mol. The van der Waals surface area contributed by atoms with Gasteiger partial charge in [-0.15, -0.1) is 0 Å². The van der Waals surface area contributed by atoms with Crippen LogP contribution in [0.4, 0.5) is 5.69 Å². The van der Waals surface area contributed by atoms with E-state index in [1.807, 2.05) is 6.92 Å². The van der Waals surface area contributed by atoms with Gasteiger partial charge in [-0.3, -0.25) is 13.9 Å². The van der Waals surface area contributed by atoms with Crippen LogP contribution in [0.15, 0.2) is 71.6 Å². The SMILES string of the molecule is CCCCNC(=O)[C@@H](C)N(Cc1ccc(Cl)c(Cl)c1)C(=O)CN(c1cccc(Cl)c1)S(=O)(=O)c1ccc(OC)cc1. The topological polar surface area (TPSA) is 96.0 Å². The molecule has 2 amide bonds. The summed E-state index contributed by atoms with van der Waals surface area (Å²) in [5, 5.41) is 3.77. The summed E-state index contributed by atoms with van der Waals surface area (Å²) in [5.41, 5.74) is 0.810. The van der Waals surface area contributed by atoms with Crippen LogP contribution in [-0.4, -0.2) is 51.4 Å². The Morgan fingerprint density at radius 1 is 0.976 bits per heavy atom. The molecule has 3 rings (SSSR count). The van der Waals surface area contributed by atoms with Crippen LogP contribution >= 0.6 is 34.8 Å². The minimum absolute atomic E-state index is 0.00987. The highest BCUT2D eigenvalue weighted by molar-refractivity contribution is 7.92. The molecule has 12 heteroatoms. The minimum atomic E-state index is -4.24. The van der Waals surface area contributed by atoms with E-state index in [1.54, 1.807) is 43.3 Å². The van der Waals surface area contributed by atoms with Gasteiger partial charge < -0.3 is 15.0 Å². The third kappa shape index (κ3) is 8.52. The zero-order chi connectivity index (χ0) is 30.2. The second kappa shape index (κ2) is 14.8. The van der Waals surface area contributed by atoms with Crippen molar-refractivity contribution in [1.82, 2.24) is 10.2 Å². The van der Waals surface area contributed by atoms with Gasteiger partial charge in [0.05, 0.1) is 27.7 Å². The zero-order valence-electron chi connectivity index (χ0n) is 22.9. The van der Waals surface area contributed by atoms with Crippen LogP contribution in [0, 0.1) is 0 Å². The maximum Gasteiger partial charge on any atom is 0.264 e. The number of nitrogens with one attached hydrogen (secondary N) is 1. The number of methoxy groups -OCH3 is 1. The fourth-order valence-electron chi connectivity index (χ4n) is 3.99. The highest BCUT2D eigenvalue weighted by Gasteiger charge is 2.32. The van der Waals surface area contributed by atoms with Crippen molar-refractivity contribution in [3.05, 3.63) is 87.4 Å². The van der Waals surface area contributed by atoms with Gasteiger partial charge in [-0.05, 0) is 73.5 Å². The number of ether oxygens (including phenoxy) is 1. The number of hydrogen-bond acceptors (Lipinski definition) is 5. The van der Waals surface area contributed by atoms with Crippen molar-refractivity contribution in [3.63, 3.8) is 0 Å². The maximum atomic E-state index is 14.0. The molecule has 0 aliphatic rings. The van der Waals surface area contributed by atoms with Gasteiger partial charge in [0.25, 0.3) is 10.0 Å². The largest absolute Gasteiger partial charge is 0.497 e. The summed E-state index contributed by atoms with van der Waals surface area (Å²) in [6.07, 6.45) is 1.67. The number of nitrogens with zero attached hydrogens (tertiary/aromatic N) is 2. The molecule has 0 aliphatic heterocycles. The lowest BCUT2D eigenvalue weighted by Crippen LogP contribution is -2.51. The summed E-state index contributed by atoms with van der Waals surface area (Å²) in [4.78, 5) is 28.3. The fraction of sp³-hybridized carbons (Fsp3) is 0.310. The lowest BCUT2D eigenvalue weighted by Gasteiger charge is -2.32. The highest BCUT2D eigenvalue weighted by Crippen LogP contribution is 2.28. The number of benzene rings is 3. The van der Waals surface area contributed by atoms with Crippen molar-refractivity contribution in [3.8, 4) is 5.75 Å². The van der Waals surface area contributed by atoms with Gasteiger partial charge in [-0.1, -0.05) is 60.3 Å². The van der Waals surface area contributed by atoms with Crippen molar-refractivity contribution in [2.45, 2.75) is 44.2 Å². The summed E-state index contributed by atoms with van der Waals surface area (Å²) < 4.78 is 33.9. The number of carbonyl (C=O) groups is 2. The molecule has 0 saturated carbocycles. The van der Waals surface area contributed by atoms with Crippen molar-refractivity contribution in [2.24, 2.45) is 0 Å². The predicted octanol–water partition coefficient (Wildman–Crippen LogP) is 6.18. The predicted molar refractivity (Wildman–Crippen MR) is 163 cm³/mol. The molecule has 0 fully saturated rings. The number of sulfonamides is 1. The molecule has 0 bridgehead atoms. The first-order chi connectivity index (χ1) is 19.5. The molecular weight excluding hydrogens is 609 g/mol. The number of anilines is 1. The van der Waals surface area contributed by atoms with E-state index in [4.69, 9.17) is 39.5 Å². The molecule has 220 valence electrons. The summed E-state index contributed by atoms with van der Waals surface area (Å²) in [5.74, 6) is -0.490. The van der Waals surface area contributed by atoms with Crippen molar-refractivity contribution >= 4 is 62.3 Å². The minimum Gasteiger partial charge on any atom is -0.497 e. The summed E-state index contributed by atoms with van der Waals surface area (Å²) in [6.45, 7) is 3.45. The number of unbranched alkanes of at least 4 members (excludes halogenated alkanes) is 1. The lowest BCUT2D eigenvalue weighted by atomic mass is 10.1. The molecule has 0 unspecified atom stereocenters. The molecule has 3 aromatic carbocycles. The average Bonchev–Trinajstić information content (AvgIpc) is 2.95. The van der Waals surface area contributed by atoms with E-state index >= 15 is 0 Å². The quantitative estimate of drug-likeness (QED) is 0.225. The van der Waals surface area contributed by atoms with Gasteiger partial charge in [0.2, 0.25) is 11.8 Å². The number of rotatable bonds is 13. The average molecular weight is 641 g/mol. The fourth-order valence-corrected chi connectivity index (χ4v) is 5.90. The van der Waals surface area contributed by atoms with Crippen molar-refractivity contribution in [1.29, 1.82) is 0 Å². The lowest BCUT2D eigenvalue weighted by molar-refractivity contribution is -0.139. The third-order valence-electron chi connectivity index (χ3n) is 6.36. The van der Waals surface area contributed by atoms with Crippen LogP contribution in [0.5, 0.6) is 5.75 Å². The molecule has 0 spiro atoms. The molecular formula is C29H32Cl3N3O5S. The second-order valence-electron chi connectivity index (χ2n) is 9.26. The Balaban J connectivity index is 2.02. The van der Waals surface area contributed by atoms with Gasteiger partial charge in [0, 0.05) is 18.1 Å². The summed E-state index contributed by atoms with van der Waals surface area (Å²) in [7, 11) is -2.77. The van der Waals surface area contributed by atoms with Crippen LogP contribution in [0.25, 0.3) is 0 Å². The standard InChI is InChI=1S/C29H32Cl3N3O5S/c1-4-5-15-33-29(37)20(2)34(18-21-9-14-26(31)27(32)16-21)28(36)19-35(23-8-6-7-22(30)17-23)41(38,39)25-12-10-24(40-3)11-13-25/h6-14,16-17,20H,4-5,15,18-19H2,1-3H3,(H,33,37)/t20-/m1/s1. The van der Waals surface area contributed by atoms with E-state index in [2.05, 4.69) is 5.32 Å². The Bertz CT molecular complexity index is 1470. The van der Waals surface area contributed by atoms with E-state index in [-0.39, 0.29) is 23.0 Å². The molecule has 8 nitrogen and oxygen atoms in total. The smallest absolute Gasteiger partial charge is 0.264 e. The number of halogens is 3. The molecule has 3 aromatic rings. The first-order valence-electron chi connectivity index (χ1n) is 12.9. The molecule has 0 aromatic heterocycles. The summed E-state index contributed by atoms with van der Waals surface area (Å²) in [6, 6.07) is 16.0. The van der Waals surface area contributed by atoms with Gasteiger partial charge in [0.15, 0.2) is 0 Å². The van der Waals surface area contributed by atoms with E-state index < -0.39 is 28.5 Å². The Kier molecular flexibility index (Phi) is 11.7. The molecule has 0 saturated heterocycles. The Morgan fingerprint density at radius 3 is 2.29 bits per heavy atom. The third-order valence-corrected chi connectivity index (χ3v) is 9.12.